The highest BCUT2D eigenvalue weighted by molar-refractivity contribution is 7.03. The van der Waals surface area contributed by atoms with Gasteiger partial charge in [0.2, 0.25) is 0 Å². The van der Waals surface area contributed by atoms with Crippen LogP contribution in [0.2, 0.25) is 0 Å². The minimum Gasteiger partial charge on any atom is -0.312 e. The van der Waals surface area contributed by atoms with Crippen molar-refractivity contribution in [1.82, 2.24) is 14.9 Å². The molecule has 0 fully saturated rings. The van der Waals surface area contributed by atoms with Gasteiger partial charge >= 0.3 is 0 Å². The molecule has 0 aliphatic heterocycles. The van der Waals surface area contributed by atoms with Gasteiger partial charge in [-0.2, -0.15) is 0 Å². The van der Waals surface area contributed by atoms with Gasteiger partial charge in [-0.15, -0.1) is 11.7 Å². The van der Waals surface area contributed by atoms with Crippen molar-refractivity contribution in [3.05, 3.63) is 23.7 Å². The predicted molar refractivity (Wildman–Crippen MR) is 55.8 cm³/mol. The second kappa shape index (κ2) is 5.83. The Kier molecular flexibility index (Phi) is 4.64. The Labute approximate surface area is 83.0 Å². The summed E-state index contributed by atoms with van der Waals surface area (Å²) in [7, 11) is 1.96. The molecular formula is C9H15N3S. The molecule has 0 amide bonds. The van der Waals surface area contributed by atoms with Crippen LogP contribution in [-0.2, 0) is 0 Å². The first kappa shape index (κ1) is 10.3. The van der Waals surface area contributed by atoms with Crippen LogP contribution in [0.3, 0.4) is 0 Å². The third kappa shape index (κ3) is 3.24. The van der Waals surface area contributed by atoms with Crippen LogP contribution in [0.25, 0.3) is 0 Å². The molecule has 0 spiro atoms. The van der Waals surface area contributed by atoms with Crippen LogP contribution in [0, 0.1) is 0 Å². The summed E-state index contributed by atoms with van der Waals surface area (Å²) in [6.07, 6.45) is 5.25. The summed E-state index contributed by atoms with van der Waals surface area (Å²) in [5, 5.41) is 9.27. The molecule has 0 saturated carbocycles. The van der Waals surface area contributed by atoms with E-state index in [2.05, 4.69) is 21.5 Å². The molecule has 1 unspecified atom stereocenters. The van der Waals surface area contributed by atoms with Crippen LogP contribution >= 0.6 is 11.5 Å². The zero-order valence-electron chi connectivity index (χ0n) is 7.86. The van der Waals surface area contributed by atoms with Gasteiger partial charge in [0.1, 0.15) is 0 Å². The second-order valence-corrected chi connectivity index (χ2v) is 3.50. The van der Waals surface area contributed by atoms with Gasteiger partial charge in [0.25, 0.3) is 0 Å². The summed E-state index contributed by atoms with van der Waals surface area (Å²) in [5.74, 6) is 0. The fraction of sp³-hybridized carbons (Fsp3) is 0.556. The van der Waals surface area contributed by atoms with Crippen LogP contribution in [0.15, 0.2) is 18.0 Å². The Hall–Kier alpha value is -0.740. The van der Waals surface area contributed by atoms with Gasteiger partial charge in [0.05, 0.1) is 11.7 Å². The van der Waals surface area contributed by atoms with Crippen LogP contribution in [0.5, 0.6) is 0 Å². The van der Waals surface area contributed by atoms with E-state index in [-0.39, 0.29) is 0 Å². The Morgan fingerprint density at radius 1 is 1.77 bits per heavy atom. The number of allylic oxidation sites excluding steroid dienone is 1. The molecular weight excluding hydrogens is 182 g/mol. The summed E-state index contributed by atoms with van der Waals surface area (Å²) in [5.41, 5.74) is 1.05. The Bertz CT molecular complexity index is 233. The fourth-order valence-electron chi connectivity index (χ4n) is 1.23. The van der Waals surface area contributed by atoms with Crippen LogP contribution in [0.1, 0.15) is 31.0 Å². The molecule has 1 N–H and O–H groups in total. The quantitative estimate of drug-likeness (QED) is 0.561. The molecule has 1 atom stereocenters. The maximum Gasteiger partial charge on any atom is 0.0924 e. The lowest BCUT2D eigenvalue weighted by Gasteiger charge is -2.11. The van der Waals surface area contributed by atoms with Crippen molar-refractivity contribution in [2.75, 3.05) is 7.05 Å². The summed E-state index contributed by atoms with van der Waals surface area (Å²) in [4.78, 5) is 0. The standard InChI is InChI=1S/C9H15N3S/c1-3-4-5-6-8(10-2)9-7-13-12-11-9/h3,7-8,10H,1,4-6H2,2H3. The Morgan fingerprint density at radius 3 is 3.15 bits per heavy atom. The lowest BCUT2D eigenvalue weighted by Crippen LogP contribution is -2.16. The molecule has 0 radical (unpaired) electrons. The van der Waals surface area contributed by atoms with Crippen molar-refractivity contribution in [2.24, 2.45) is 0 Å². The van der Waals surface area contributed by atoms with Gasteiger partial charge in [0.15, 0.2) is 0 Å². The first-order valence-electron chi connectivity index (χ1n) is 4.43. The molecule has 1 aromatic rings. The van der Waals surface area contributed by atoms with Gasteiger partial charge in [-0.3, -0.25) is 0 Å². The number of nitrogens with zero attached hydrogens (tertiary/aromatic N) is 2. The number of rotatable bonds is 6. The lowest BCUT2D eigenvalue weighted by molar-refractivity contribution is 0.517. The number of nitrogens with one attached hydrogen (secondary N) is 1. The molecule has 13 heavy (non-hydrogen) atoms. The Morgan fingerprint density at radius 2 is 2.62 bits per heavy atom. The minimum absolute atomic E-state index is 0.346. The number of aromatic nitrogens is 2. The van der Waals surface area contributed by atoms with E-state index in [1.807, 2.05) is 18.5 Å². The highest BCUT2D eigenvalue weighted by Gasteiger charge is 2.10. The van der Waals surface area contributed by atoms with Gasteiger partial charge in [0, 0.05) is 5.38 Å². The molecule has 72 valence electrons. The summed E-state index contributed by atoms with van der Waals surface area (Å²) < 4.78 is 3.85. The summed E-state index contributed by atoms with van der Waals surface area (Å²) >= 11 is 1.40. The smallest absolute Gasteiger partial charge is 0.0924 e. The number of hydrogen-bond donors (Lipinski definition) is 1. The van der Waals surface area contributed by atoms with Crippen LogP contribution in [-0.4, -0.2) is 16.6 Å². The minimum atomic E-state index is 0.346. The van der Waals surface area contributed by atoms with Gasteiger partial charge < -0.3 is 5.32 Å². The maximum atomic E-state index is 4.05. The monoisotopic (exact) mass is 197 g/mol. The second-order valence-electron chi connectivity index (χ2n) is 2.89. The molecule has 4 heteroatoms. The van der Waals surface area contributed by atoms with Gasteiger partial charge in [-0.25, -0.2) is 0 Å². The van der Waals surface area contributed by atoms with Gasteiger partial charge in [-0.1, -0.05) is 10.6 Å². The molecule has 1 heterocycles. The zero-order valence-corrected chi connectivity index (χ0v) is 8.68. The average Bonchev–Trinajstić information content (AvgIpc) is 2.65. The normalized spacial score (nSPS) is 12.7. The van der Waals surface area contributed by atoms with Crippen molar-refractivity contribution in [3.8, 4) is 0 Å². The zero-order chi connectivity index (χ0) is 9.52. The topological polar surface area (TPSA) is 37.8 Å². The van der Waals surface area contributed by atoms with Crippen molar-refractivity contribution < 1.29 is 0 Å². The highest BCUT2D eigenvalue weighted by atomic mass is 32.1. The average molecular weight is 197 g/mol. The van der Waals surface area contributed by atoms with Gasteiger partial charge in [-0.05, 0) is 37.8 Å². The van der Waals surface area contributed by atoms with E-state index in [0.717, 1.165) is 25.0 Å². The van der Waals surface area contributed by atoms with E-state index < -0.39 is 0 Å². The van der Waals surface area contributed by atoms with E-state index in [4.69, 9.17) is 0 Å². The lowest BCUT2D eigenvalue weighted by atomic mass is 10.1. The molecule has 0 saturated heterocycles. The predicted octanol–water partition coefficient (Wildman–Crippen LogP) is 2.15. The summed E-state index contributed by atoms with van der Waals surface area (Å²) in [6.45, 7) is 3.70. The van der Waals surface area contributed by atoms with Crippen molar-refractivity contribution >= 4 is 11.5 Å². The first-order chi connectivity index (χ1) is 6.38. The third-order valence-electron chi connectivity index (χ3n) is 1.98. The molecule has 0 aromatic carbocycles. The molecule has 0 aliphatic rings. The van der Waals surface area contributed by atoms with E-state index in [1.165, 1.54) is 11.5 Å². The number of unbranched alkanes of at least 4 members (excludes halogenated alkanes) is 1. The van der Waals surface area contributed by atoms with E-state index >= 15 is 0 Å². The Balaban J connectivity index is 2.39. The fourth-order valence-corrected chi connectivity index (χ4v) is 1.74. The molecule has 3 nitrogen and oxygen atoms in total. The van der Waals surface area contributed by atoms with Crippen LogP contribution in [0.4, 0.5) is 0 Å². The summed E-state index contributed by atoms with van der Waals surface area (Å²) in [6, 6.07) is 0.346. The number of hydrogen-bond acceptors (Lipinski definition) is 4. The van der Waals surface area contributed by atoms with E-state index in [9.17, 15) is 0 Å². The molecule has 0 bridgehead atoms. The van der Waals surface area contributed by atoms with E-state index in [1.54, 1.807) is 0 Å². The highest BCUT2D eigenvalue weighted by Crippen LogP contribution is 2.17. The molecule has 1 rings (SSSR count). The van der Waals surface area contributed by atoms with E-state index in [0.29, 0.717) is 6.04 Å². The van der Waals surface area contributed by atoms with Crippen molar-refractivity contribution in [3.63, 3.8) is 0 Å². The van der Waals surface area contributed by atoms with Crippen LogP contribution < -0.4 is 5.32 Å². The molecule has 1 aromatic heterocycles. The maximum absolute atomic E-state index is 4.05. The van der Waals surface area contributed by atoms with Crippen molar-refractivity contribution in [1.29, 1.82) is 0 Å². The van der Waals surface area contributed by atoms with Crippen molar-refractivity contribution in [2.45, 2.75) is 25.3 Å². The third-order valence-corrected chi connectivity index (χ3v) is 2.51. The SMILES string of the molecule is C=CCCCC(NC)c1csnn1. The largest absolute Gasteiger partial charge is 0.312 e. The first-order valence-corrected chi connectivity index (χ1v) is 5.27. The molecule has 0 aliphatic carbocycles.